The second-order valence-electron chi connectivity index (χ2n) is 4.81. The quantitative estimate of drug-likeness (QED) is 0.589. The second kappa shape index (κ2) is 6.58. The smallest absolute Gasteiger partial charge is 0.237 e. The van der Waals surface area contributed by atoms with Gasteiger partial charge >= 0.3 is 0 Å². The maximum Gasteiger partial charge on any atom is 0.237 e. The van der Waals surface area contributed by atoms with Crippen molar-refractivity contribution in [3.05, 3.63) is 60.9 Å². The van der Waals surface area contributed by atoms with Crippen LogP contribution >= 0.6 is 11.8 Å². The summed E-state index contributed by atoms with van der Waals surface area (Å²) in [5, 5.41) is 5.45. The molecule has 3 rings (SSSR count). The number of nitrogens with one attached hydrogen (secondary N) is 1. The normalized spacial score (nSPS) is 12.0. The summed E-state index contributed by atoms with van der Waals surface area (Å²) in [6, 6.07) is 15.6. The van der Waals surface area contributed by atoms with Gasteiger partial charge < -0.3 is 5.32 Å². The Labute approximate surface area is 133 Å². The zero-order valence-electron chi connectivity index (χ0n) is 12.1. The van der Waals surface area contributed by atoms with Gasteiger partial charge in [-0.25, -0.2) is 9.97 Å². The van der Waals surface area contributed by atoms with Gasteiger partial charge in [-0.15, -0.1) is 0 Å². The zero-order valence-corrected chi connectivity index (χ0v) is 12.9. The van der Waals surface area contributed by atoms with E-state index in [1.807, 2.05) is 49.4 Å². The fourth-order valence-electron chi connectivity index (χ4n) is 2.13. The summed E-state index contributed by atoms with van der Waals surface area (Å²) in [7, 11) is 0. The number of carbonyl (C=O) groups is 1. The van der Waals surface area contributed by atoms with E-state index in [1.54, 1.807) is 18.5 Å². The molecule has 0 fully saturated rings. The molecule has 110 valence electrons. The standard InChI is InChI=1S/C17H15N3OS/c1-12(22-17-18-10-5-11-19-17)16(21)20-15-9-4-7-13-6-2-3-8-14(13)15/h2-12H,1H3,(H,20,21)/t12-/m0/s1. The van der Waals surface area contributed by atoms with Crippen molar-refractivity contribution in [3.63, 3.8) is 0 Å². The number of aromatic nitrogens is 2. The molecule has 0 aliphatic heterocycles. The zero-order chi connectivity index (χ0) is 15.4. The van der Waals surface area contributed by atoms with Crippen LogP contribution in [0.2, 0.25) is 0 Å². The predicted molar refractivity (Wildman–Crippen MR) is 89.9 cm³/mol. The van der Waals surface area contributed by atoms with Gasteiger partial charge in [-0.05, 0) is 24.4 Å². The minimum atomic E-state index is -0.277. The molecular weight excluding hydrogens is 294 g/mol. The molecule has 1 N–H and O–H groups in total. The highest BCUT2D eigenvalue weighted by molar-refractivity contribution is 8.00. The summed E-state index contributed by atoms with van der Waals surface area (Å²) in [4.78, 5) is 20.6. The first-order valence-corrected chi connectivity index (χ1v) is 7.84. The Hall–Kier alpha value is -2.40. The molecule has 0 saturated carbocycles. The van der Waals surface area contributed by atoms with Crippen molar-refractivity contribution in [1.29, 1.82) is 0 Å². The number of amides is 1. The van der Waals surface area contributed by atoms with E-state index in [4.69, 9.17) is 0 Å². The van der Waals surface area contributed by atoms with E-state index >= 15 is 0 Å². The number of anilines is 1. The number of thioether (sulfide) groups is 1. The molecule has 22 heavy (non-hydrogen) atoms. The molecule has 3 aromatic rings. The van der Waals surface area contributed by atoms with E-state index in [0.29, 0.717) is 5.16 Å². The summed E-state index contributed by atoms with van der Waals surface area (Å²) < 4.78 is 0. The molecule has 0 aliphatic carbocycles. The molecule has 1 atom stereocenters. The van der Waals surface area contributed by atoms with E-state index in [9.17, 15) is 4.79 Å². The van der Waals surface area contributed by atoms with Crippen molar-refractivity contribution in [2.24, 2.45) is 0 Å². The van der Waals surface area contributed by atoms with Crippen LogP contribution in [0.1, 0.15) is 6.92 Å². The van der Waals surface area contributed by atoms with Crippen LogP contribution in [0.15, 0.2) is 66.1 Å². The third-order valence-corrected chi connectivity index (χ3v) is 4.23. The number of hydrogen-bond donors (Lipinski definition) is 1. The van der Waals surface area contributed by atoms with Crippen molar-refractivity contribution in [2.45, 2.75) is 17.3 Å². The van der Waals surface area contributed by atoms with E-state index in [-0.39, 0.29) is 11.2 Å². The molecule has 1 heterocycles. The number of rotatable bonds is 4. The Morgan fingerprint density at radius 1 is 1.05 bits per heavy atom. The van der Waals surface area contributed by atoms with E-state index in [0.717, 1.165) is 16.5 Å². The van der Waals surface area contributed by atoms with Crippen LogP contribution in [0.3, 0.4) is 0 Å². The van der Waals surface area contributed by atoms with Crippen molar-refractivity contribution in [2.75, 3.05) is 5.32 Å². The fraction of sp³-hybridized carbons (Fsp3) is 0.118. The molecule has 0 bridgehead atoms. The minimum absolute atomic E-state index is 0.0613. The molecule has 2 aromatic carbocycles. The van der Waals surface area contributed by atoms with Crippen LogP contribution < -0.4 is 5.32 Å². The van der Waals surface area contributed by atoms with Gasteiger partial charge in [-0.3, -0.25) is 4.79 Å². The van der Waals surface area contributed by atoms with Crippen LogP contribution in [0.5, 0.6) is 0 Å². The first kappa shape index (κ1) is 14.5. The average Bonchev–Trinajstić information content (AvgIpc) is 2.56. The Bertz CT molecular complexity index is 787. The van der Waals surface area contributed by atoms with Gasteiger partial charge in [0.25, 0.3) is 0 Å². The maximum atomic E-state index is 12.4. The fourth-order valence-corrected chi connectivity index (χ4v) is 2.85. The third-order valence-electron chi connectivity index (χ3n) is 3.24. The maximum absolute atomic E-state index is 12.4. The number of hydrogen-bond acceptors (Lipinski definition) is 4. The highest BCUT2D eigenvalue weighted by Crippen LogP contribution is 2.25. The lowest BCUT2D eigenvalue weighted by atomic mass is 10.1. The molecule has 5 heteroatoms. The molecule has 0 unspecified atom stereocenters. The van der Waals surface area contributed by atoms with E-state index in [2.05, 4.69) is 15.3 Å². The van der Waals surface area contributed by atoms with Gasteiger partial charge in [-0.1, -0.05) is 48.2 Å². The predicted octanol–water partition coefficient (Wildman–Crippen LogP) is 3.75. The van der Waals surface area contributed by atoms with Crippen LogP contribution in [0, 0.1) is 0 Å². The van der Waals surface area contributed by atoms with Crippen molar-refractivity contribution < 1.29 is 4.79 Å². The summed E-state index contributed by atoms with van der Waals surface area (Å²) >= 11 is 1.34. The summed E-state index contributed by atoms with van der Waals surface area (Å²) in [6.45, 7) is 1.85. The van der Waals surface area contributed by atoms with E-state index in [1.165, 1.54) is 11.8 Å². The highest BCUT2D eigenvalue weighted by Gasteiger charge is 2.16. The number of carbonyl (C=O) groups excluding carboxylic acids is 1. The number of benzene rings is 2. The molecule has 0 spiro atoms. The summed E-state index contributed by atoms with van der Waals surface area (Å²) in [5.41, 5.74) is 0.824. The first-order chi connectivity index (χ1) is 10.7. The summed E-state index contributed by atoms with van der Waals surface area (Å²) in [5.74, 6) is -0.0613. The summed E-state index contributed by atoms with van der Waals surface area (Å²) in [6.07, 6.45) is 3.34. The molecule has 1 aromatic heterocycles. The SMILES string of the molecule is C[C@H](Sc1ncccn1)C(=O)Nc1cccc2ccccc12. The van der Waals surface area contributed by atoms with Crippen LogP contribution in [-0.2, 0) is 4.79 Å². The van der Waals surface area contributed by atoms with Crippen LogP contribution in [-0.4, -0.2) is 21.1 Å². The highest BCUT2D eigenvalue weighted by atomic mass is 32.2. The van der Waals surface area contributed by atoms with Gasteiger partial charge in [0, 0.05) is 23.5 Å². The van der Waals surface area contributed by atoms with Gasteiger partial charge in [0.05, 0.1) is 5.25 Å². The number of nitrogens with zero attached hydrogens (tertiary/aromatic N) is 2. The Morgan fingerprint density at radius 3 is 2.59 bits per heavy atom. The van der Waals surface area contributed by atoms with E-state index < -0.39 is 0 Å². The number of fused-ring (bicyclic) bond motifs is 1. The van der Waals surface area contributed by atoms with Gasteiger partial charge in [0.1, 0.15) is 0 Å². The Morgan fingerprint density at radius 2 is 1.77 bits per heavy atom. The third kappa shape index (κ3) is 3.26. The Kier molecular flexibility index (Phi) is 4.34. The van der Waals surface area contributed by atoms with Gasteiger partial charge in [0.2, 0.25) is 5.91 Å². The Balaban J connectivity index is 1.75. The largest absolute Gasteiger partial charge is 0.325 e. The lowest BCUT2D eigenvalue weighted by molar-refractivity contribution is -0.115. The molecule has 0 aliphatic rings. The molecule has 4 nitrogen and oxygen atoms in total. The van der Waals surface area contributed by atoms with Crippen LogP contribution in [0.4, 0.5) is 5.69 Å². The minimum Gasteiger partial charge on any atom is -0.325 e. The monoisotopic (exact) mass is 309 g/mol. The van der Waals surface area contributed by atoms with Crippen LogP contribution in [0.25, 0.3) is 10.8 Å². The first-order valence-electron chi connectivity index (χ1n) is 6.96. The average molecular weight is 309 g/mol. The molecular formula is C17H15N3OS. The van der Waals surface area contributed by atoms with Crippen molar-refractivity contribution >= 4 is 34.1 Å². The lowest BCUT2D eigenvalue weighted by Gasteiger charge is -2.12. The molecule has 0 saturated heterocycles. The lowest BCUT2D eigenvalue weighted by Crippen LogP contribution is -2.22. The molecule has 0 radical (unpaired) electrons. The topological polar surface area (TPSA) is 54.9 Å². The van der Waals surface area contributed by atoms with Gasteiger partial charge in [0.15, 0.2) is 5.16 Å². The van der Waals surface area contributed by atoms with Crippen molar-refractivity contribution in [3.8, 4) is 0 Å². The molecule has 1 amide bonds. The van der Waals surface area contributed by atoms with Crippen molar-refractivity contribution in [1.82, 2.24) is 9.97 Å². The van der Waals surface area contributed by atoms with Gasteiger partial charge in [-0.2, -0.15) is 0 Å². The second-order valence-corrected chi connectivity index (χ2v) is 6.12.